The summed E-state index contributed by atoms with van der Waals surface area (Å²) in [5.41, 5.74) is 5.04. The molecule has 1 aliphatic heterocycles. The third-order valence-corrected chi connectivity index (χ3v) is 8.17. The molecule has 0 bridgehead atoms. The molecule has 22 heteroatoms. The van der Waals surface area contributed by atoms with E-state index in [-0.39, 0.29) is 17.1 Å². The lowest BCUT2D eigenvalue weighted by atomic mass is 10.1. The molecule has 33 heavy (non-hydrogen) atoms. The summed E-state index contributed by atoms with van der Waals surface area (Å²) in [6.07, 6.45) is -4.76. The maximum atomic E-state index is 12.1. The number of aryl methyl sites for hydroxylation is 1. The van der Waals surface area contributed by atoms with Gasteiger partial charge < -0.3 is 52.0 Å². The molecule has 3 rings (SSSR count). The zero-order valence-electron chi connectivity index (χ0n) is 16.4. The summed E-state index contributed by atoms with van der Waals surface area (Å²) < 4.78 is 54.3. The molecule has 0 aromatic carbocycles. The van der Waals surface area contributed by atoms with Crippen molar-refractivity contribution < 1.29 is 61.0 Å². The van der Waals surface area contributed by atoms with E-state index >= 15 is 0 Å². The van der Waals surface area contributed by atoms with Crippen LogP contribution in [0.5, 0.6) is 0 Å². The van der Waals surface area contributed by atoms with Gasteiger partial charge in [-0.1, -0.05) is 4.98 Å². The Morgan fingerprint density at radius 3 is 2.52 bits per heavy atom. The normalized spacial score (nSPS) is 27.5. The molecular formula is C11H18BN5O13P3. The molecule has 3 heterocycles. The van der Waals surface area contributed by atoms with E-state index in [1.165, 1.54) is 22.5 Å². The molecule has 1 saturated heterocycles. The van der Waals surface area contributed by atoms with Crippen LogP contribution in [0.1, 0.15) is 6.23 Å². The second-order valence-electron chi connectivity index (χ2n) is 6.76. The molecule has 2 aromatic heterocycles. The predicted octanol–water partition coefficient (Wildman–Crippen LogP) is -2.73. The number of nitrogen functional groups attached to an aromatic ring is 1. The van der Waals surface area contributed by atoms with Crippen molar-refractivity contribution in [2.24, 2.45) is 7.05 Å². The van der Waals surface area contributed by atoms with E-state index < -0.39 is 59.8 Å². The van der Waals surface area contributed by atoms with Gasteiger partial charge in [0.25, 0.3) is 11.5 Å². The number of phosphoric acid groups is 2. The summed E-state index contributed by atoms with van der Waals surface area (Å²) in [5.74, 6) is -0.229. The Morgan fingerprint density at radius 2 is 1.91 bits per heavy atom. The number of nitrogens with zero attached hydrogens (tertiary/aromatic N) is 3. The zero-order valence-corrected chi connectivity index (χ0v) is 19.1. The van der Waals surface area contributed by atoms with Crippen molar-refractivity contribution in [1.82, 2.24) is 14.5 Å². The van der Waals surface area contributed by atoms with E-state index in [0.29, 0.717) is 0 Å². The fourth-order valence-corrected chi connectivity index (χ4v) is 6.20. The number of anilines is 1. The summed E-state index contributed by atoms with van der Waals surface area (Å²) in [4.78, 5) is 44.7. The molecule has 0 amide bonds. The van der Waals surface area contributed by atoms with Crippen LogP contribution in [-0.2, 0) is 38.6 Å². The molecule has 8 N–H and O–H groups in total. The van der Waals surface area contributed by atoms with Crippen molar-refractivity contribution in [2.75, 3.05) is 12.3 Å². The molecule has 1 unspecified atom stereocenters. The maximum Gasteiger partial charge on any atom is 0.485 e. The van der Waals surface area contributed by atoms with Crippen LogP contribution in [0.4, 0.5) is 5.95 Å². The van der Waals surface area contributed by atoms with Gasteiger partial charge in [-0.2, -0.15) is 4.31 Å². The first-order chi connectivity index (χ1) is 15.0. The first-order valence-corrected chi connectivity index (χ1v) is 13.3. The lowest BCUT2D eigenvalue weighted by molar-refractivity contribution is -0.745. The van der Waals surface area contributed by atoms with Crippen LogP contribution in [-0.4, -0.2) is 71.9 Å². The van der Waals surface area contributed by atoms with Gasteiger partial charge in [0.15, 0.2) is 6.33 Å². The Kier molecular flexibility index (Phi) is 7.10. The number of rotatable bonds is 8. The molecule has 6 atom stereocenters. The minimum atomic E-state index is -5.61. The third kappa shape index (κ3) is 5.97. The van der Waals surface area contributed by atoms with Gasteiger partial charge in [0.05, 0.1) is 21.1 Å². The second-order valence-corrected chi connectivity index (χ2v) is 11.3. The highest BCUT2D eigenvalue weighted by Gasteiger charge is 2.47. The van der Waals surface area contributed by atoms with Crippen molar-refractivity contribution >= 4 is 47.8 Å². The topological polar surface area (TPSA) is 270 Å². The number of nitrogens with one attached hydrogen (secondary N) is 1. The number of ether oxygens (including phenoxy) is 1. The SMILES string of the molecule is [B-][P@@](=O)(OC[C@H]1O[C@@H]([n+]2cn(C)c3c(=O)[nH]c(N)nc32)[C@H](O)[C@@H]1O)OP(=O)(O)OP(=O)(O)O. The lowest BCUT2D eigenvalue weighted by Crippen LogP contribution is -2.46. The summed E-state index contributed by atoms with van der Waals surface area (Å²) in [6.45, 7) is -0.875. The van der Waals surface area contributed by atoms with Gasteiger partial charge in [-0.15, -0.1) is 0 Å². The summed E-state index contributed by atoms with van der Waals surface area (Å²) in [7, 11) is -9.48. The number of nitrogens with two attached hydrogens (primary N) is 1. The van der Waals surface area contributed by atoms with E-state index in [4.69, 9.17) is 27.8 Å². The van der Waals surface area contributed by atoms with Gasteiger partial charge in [0.1, 0.15) is 18.3 Å². The van der Waals surface area contributed by atoms with E-state index in [0.717, 1.165) is 0 Å². The van der Waals surface area contributed by atoms with Crippen LogP contribution in [0.2, 0.25) is 0 Å². The van der Waals surface area contributed by atoms with Crippen LogP contribution < -0.4 is 15.9 Å². The van der Waals surface area contributed by atoms with Gasteiger partial charge >= 0.3 is 21.3 Å². The molecule has 2 aromatic rings. The number of fused-ring (bicyclic) bond motifs is 1. The molecule has 0 saturated carbocycles. The zero-order chi connectivity index (χ0) is 24.9. The predicted molar refractivity (Wildman–Crippen MR) is 105 cm³/mol. The van der Waals surface area contributed by atoms with E-state index in [9.17, 15) is 33.6 Å². The van der Waals surface area contributed by atoms with Gasteiger partial charge in [0.2, 0.25) is 11.7 Å². The van der Waals surface area contributed by atoms with Gasteiger partial charge in [-0.3, -0.25) is 14.3 Å². The highest BCUT2D eigenvalue weighted by atomic mass is 31.3. The number of imidazole rings is 1. The molecule has 3 radical (unpaired) electrons. The highest BCUT2D eigenvalue weighted by Crippen LogP contribution is 2.66. The Balaban J connectivity index is 1.76. The van der Waals surface area contributed by atoms with Crippen LogP contribution in [0.3, 0.4) is 0 Å². The summed E-state index contributed by atoms with van der Waals surface area (Å²) >= 11 is 0. The number of H-pyrrole nitrogens is 1. The number of hydrogen-bond acceptors (Lipinski definition) is 12. The summed E-state index contributed by atoms with van der Waals surface area (Å²) in [6, 6.07) is 0. The monoisotopic (exact) mass is 532 g/mol. The quantitative estimate of drug-likeness (QED) is 0.103. The number of aromatic nitrogens is 4. The van der Waals surface area contributed by atoms with E-state index in [2.05, 4.69) is 23.1 Å². The fraction of sp³-hybridized carbons (Fsp3) is 0.545. The molecule has 1 fully saturated rings. The van der Waals surface area contributed by atoms with E-state index in [1.807, 2.05) is 0 Å². The molecule has 0 aliphatic carbocycles. The minimum absolute atomic E-state index is 0.000188. The Bertz CT molecular complexity index is 1260. The maximum absolute atomic E-state index is 12.1. The van der Waals surface area contributed by atoms with Crippen LogP contribution in [0.25, 0.3) is 11.2 Å². The van der Waals surface area contributed by atoms with Crippen molar-refractivity contribution in [1.29, 1.82) is 0 Å². The van der Waals surface area contributed by atoms with Gasteiger partial charge in [-0.25, -0.2) is 18.0 Å². The average molecular weight is 532 g/mol. The highest BCUT2D eigenvalue weighted by molar-refractivity contribution is 7.84. The molecule has 0 spiro atoms. The number of aliphatic hydroxyl groups excluding tert-OH is 2. The Labute approximate surface area is 184 Å². The fourth-order valence-electron chi connectivity index (χ4n) is 3.05. The van der Waals surface area contributed by atoms with Crippen molar-refractivity contribution in [2.45, 2.75) is 24.5 Å². The smallest absolute Gasteiger partial charge is 0.443 e. The Hall–Kier alpha value is -1.46. The van der Waals surface area contributed by atoms with Crippen molar-refractivity contribution in [3.63, 3.8) is 0 Å². The first kappa shape index (κ1) is 26.2. The lowest BCUT2D eigenvalue weighted by Gasteiger charge is -2.29. The number of aromatic amines is 1. The summed E-state index contributed by atoms with van der Waals surface area (Å²) in [5, 5.41) is 20.7. The second kappa shape index (κ2) is 8.96. The van der Waals surface area contributed by atoms with Gasteiger partial charge in [0, 0.05) is 0 Å². The van der Waals surface area contributed by atoms with E-state index in [1.54, 1.807) is 0 Å². The van der Waals surface area contributed by atoms with Crippen molar-refractivity contribution in [3.05, 3.63) is 16.7 Å². The van der Waals surface area contributed by atoms with Crippen molar-refractivity contribution in [3.8, 4) is 0 Å². The standard InChI is InChI=1S/C11H17BN5O13P3/c1-16-3-17(8-5(16)9(20)15-11(13)14-8)10-7(19)6(18)4(28-10)2-27-31(12,21)29-33(25,26)30-32(22,23)24/h3-4,6-7,10,18-19H,2H2,1H3,(H5-,13,14,15,20,22,23,24,25,26)/q-1/p+1/t4-,6-,7-,10-,31-/m1/s1. The van der Waals surface area contributed by atoms with Gasteiger partial charge in [-0.05, 0) is 0 Å². The number of hydrogen-bond donors (Lipinski definition) is 7. The minimum Gasteiger partial charge on any atom is -0.443 e. The average Bonchev–Trinajstić information content (AvgIpc) is 3.07. The first-order valence-electron chi connectivity index (χ1n) is 8.61. The molecule has 1 aliphatic rings. The van der Waals surface area contributed by atoms with Crippen LogP contribution in [0, 0.1) is 0 Å². The van der Waals surface area contributed by atoms with Crippen LogP contribution >= 0.6 is 23.1 Å². The molecule has 183 valence electrons. The largest absolute Gasteiger partial charge is 0.485 e. The number of aliphatic hydroxyl groups is 2. The molecule has 18 nitrogen and oxygen atoms in total. The third-order valence-electron chi connectivity index (χ3n) is 4.25. The van der Waals surface area contributed by atoms with Crippen LogP contribution in [0.15, 0.2) is 11.1 Å². The Morgan fingerprint density at radius 1 is 1.27 bits per heavy atom. The molecular weight excluding hydrogens is 514 g/mol.